The van der Waals surface area contributed by atoms with E-state index in [1.165, 1.54) is 54.5 Å². The Morgan fingerprint density at radius 2 is 2.00 bits per heavy atom. The fraction of sp³-hybridized carbons (Fsp3) is 0.812. The van der Waals surface area contributed by atoms with Crippen LogP contribution in [-0.2, 0) is 13.0 Å². The van der Waals surface area contributed by atoms with Gasteiger partial charge in [-0.3, -0.25) is 0 Å². The number of anilines is 1. The number of rotatable bonds is 6. The molecule has 0 amide bonds. The molecule has 4 heteroatoms. The van der Waals surface area contributed by atoms with Gasteiger partial charge in [-0.1, -0.05) is 33.6 Å². The molecule has 0 unspecified atom stereocenters. The van der Waals surface area contributed by atoms with Crippen molar-refractivity contribution in [3.8, 4) is 0 Å². The maximum atomic E-state index is 4.92. The predicted molar refractivity (Wildman–Crippen MR) is 88.7 cm³/mol. The molecule has 1 fully saturated rings. The molecule has 20 heavy (non-hydrogen) atoms. The van der Waals surface area contributed by atoms with E-state index >= 15 is 0 Å². The molecule has 114 valence electrons. The Balaban J connectivity index is 2.07. The van der Waals surface area contributed by atoms with Gasteiger partial charge >= 0.3 is 0 Å². The molecule has 0 aliphatic carbocycles. The molecule has 2 heterocycles. The third kappa shape index (κ3) is 3.53. The van der Waals surface area contributed by atoms with E-state index in [0.717, 1.165) is 13.0 Å². The van der Waals surface area contributed by atoms with Gasteiger partial charge in [0.1, 0.15) is 0 Å². The summed E-state index contributed by atoms with van der Waals surface area (Å²) in [7, 11) is 2.02. The van der Waals surface area contributed by atoms with Crippen molar-refractivity contribution in [3.63, 3.8) is 0 Å². The van der Waals surface area contributed by atoms with E-state index < -0.39 is 0 Å². The summed E-state index contributed by atoms with van der Waals surface area (Å²) in [6.07, 6.45) is 6.17. The molecule has 0 radical (unpaired) electrons. The standard InChI is InChI=1S/C16H29N3S/c1-5-7-13-14(12-17-4)20-15(18-13)19-10-8-16(3,6-2)9-11-19/h17H,5-12H2,1-4H3. The van der Waals surface area contributed by atoms with Gasteiger partial charge in [-0.2, -0.15) is 0 Å². The molecular formula is C16H29N3S. The minimum atomic E-state index is 0.549. The van der Waals surface area contributed by atoms with Crippen LogP contribution in [0.15, 0.2) is 0 Å². The Morgan fingerprint density at radius 1 is 1.30 bits per heavy atom. The van der Waals surface area contributed by atoms with Crippen LogP contribution >= 0.6 is 11.3 Å². The molecule has 1 aliphatic heterocycles. The fourth-order valence-electron chi connectivity index (χ4n) is 2.83. The Kier molecular flexibility index (Phi) is 5.44. The Bertz CT molecular complexity index is 396. The largest absolute Gasteiger partial charge is 0.348 e. The lowest BCUT2D eigenvalue weighted by molar-refractivity contribution is 0.238. The first-order chi connectivity index (χ1) is 9.61. The number of nitrogens with zero attached hydrogens (tertiary/aromatic N) is 2. The monoisotopic (exact) mass is 295 g/mol. The highest BCUT2D eigenvalue weighted by atomic mass is 32.1. The van der Waals surface area contributed by atoms with Gasteiger partial charge in [0.15, 0.2) is 5.13 Å². The van der Waals surface area contributed by atoms with Crippen molar-refractivity contribution in [2.75, 3.05) is 25.0 Å². The van der Waals surface area contributed by atoms with Crippen molar-refractivity contribution in [1.29, 1.82) is 0 Å². The highest BCUT2D eigenvalue weighted by Crippen LogP contribution is 2.37. The first-order valence-corrected chi connectivity index (χ1v) is 8.81. The van der Waals surface area contributed by atoms with Crippen molar-refractivity contribution < 1.29 is 0 Å². The number of thiazole rings is 1. The van der Waals surface area contributed by atoms with Gasteiger partial charge in [0.05, 0.1) is 5.69 Å². The third-order valence-electron chi connectivity index (χ3n) is 4.69. The first-order valence-electron chi connectivity index (χ1n) is 8.00. The molecule has 0 spiro atoms. The zero-order valence-corrected chi connectivity index (χ0v) is 14.3. The van der Waals surface area contributed by atoms with Crippen molar-refractivity contribution in [3.05, 3.63) is 10.6 Å². The molecule has 0 aromatic carbocycles. The maximum absolute atomic E-state index is 4.92. The second-order valence-corrected chi connectivity index (χ2v) is 7.36. The topological polar surface area (TPSA) is 28.2 Å². The number of aromatic nitrogens is 1. The minimum absolute atomic E-state index is 0.549. The number of nitrogens with one attached hydrogen (secondary N) is 1. The van der Waals surface area contributed by atoms with Gasteiger partial charge < -0.3 is 10.2 Å². The molecule has 0 bridgehead atoms. The minimum Gasteiger partial charge on any atom is -0.348 e. The number of aryl methyl sites for hydroxylation is 1. The van der Waals surface area contributed by atoms with E-state index in [4.69, 9.17) is 4.98 Å². The van der Waals surface area contributed by atoms with E-state index in [1.807, 2.05) is 18.4 Å². The number of hydrogen-bond donors (Lipinski definition) is 1. The summed E-state index contributed by atoms with van der Waals surface area (Å²) in [5, 5.41) is 4.52. The molecule has 1 saturated heterocycles. The van der Waals surface area contributed by atoms with Crippen LogP contribution in [0, 0.1) is 5.41 Å². The highest BCUT2D eigenvalue weighted by molar-refractivity contribution is 7.15. The molecule has 1 aliphatic rings. The van der Waals surface area contributed by atoms with Gasteiger partial charge in [-0.25, -0.2) is 4.98 Å². The highest BCUT2D eigenvalue weighted by Gasteiger charge is 2.29. The van der Waals surface area contributed by atoms with Gasteiger partial charge in [-0.15, -0.1) is 11.3 Å². The van der Waals surface area contributed by atoms with Crippen LogP contribution < -0.4 is 10.2 Å². The fourth-order valence-corrected chi connectivity index (χ4v) is 4.00. The smallest absolute Gasteiger partial charge is 0.185 e. The Labute approximate surface area is 127 Å². The van der Waals surface area contributed by atoms with Crippen molar-refractivity contribution in [2.24, 2.45) is 5.41 Å². The zero-order valence-electron chi connectivity index (χ0n) is 13.5. The second-order valence-electron chi connectivity index (χ2n) is 6.30. The summed E-state index contributed by atoms with van der Waals surface area (Å²) < 4.78 is 0. The normalized spacial score (nSPS) is 18.5. The SMILES string of the molecule is CCCc1nc(N2CCC(C)(CC)CC2)sc1CNC. The lowest BCUT2D eigenvalue weighted by atomic mass is 9.78. The van der Waals surface area contributed by atoms with Crippen LogP contribution in [-0.4, -0.2) is 25.1 Å². The van der Waals surface area contributed by atoms with Gasteiger partial charge in [0.25, 0.3) is 0 Å². The molecule has 0 atom stereocenters. The summed E-state index contributed by atoms with van der Waals surface area (Å²) in [5.74, 6) is 0. The first kappa shape index (κ1) is 15.8. The van der Waals surface area contributed by atoms with Crippen molar-refractivity contribution >= 4 is 16.5 Å². The van der Waals surface area contributed by atoms with Crippen LogP contribution in [0.1, 0.15) is 57.0 Å². The average molecular weight is 295 g/mol. The van der Waals surface area contributed by atoms with Gasteiger partial charge in [0.2, 0.25) is 0 Å². The number of piperidine rings is 1. The number of hydrogen-bond acceptors (Lipinski definition) is 4. The van der Waals surface area contributed by atoms with E-state index in [9.17, 15) is 0 Å². The lowest BCUT2D eigenvalue weighted by Crippen LogP contribution is -2.38. The van der Waals surface area contributed by atoms with E-state index in [0.29, 0.717) is 5.41 Å². The van der Waals surface area contributed by atoms with Gasteiger partial charge in [-0.05, 0) is 31.7 Å². The summed E-state index contributed by atoms with van der Waals surface area (Å²) in [5.41, 5.74) is 1.86. The van der Waals surface area contributed by atoms with Gasteiger partial charge in [0, 0.05) is 24.5 Å². The second kappa shape index (κ2) is 6.90. The van der Waals surface area contributed by atoms with Crippen LogP contribution in [0.5, 0.6) is 0 Å². The van der Waals surface area contributed by atoms with Crippen LogP contribution in [0.2, 0.25) is 0 Å². The van der Waals surface area contributed by atoms with Crippen LogP contribution in [0.25, 0.3) is 0 Å². The average Bonchev–Trinajstić information content (AvgIpc) is 2.84. The lowest BCUT2D eigenvalue weighted by Gasteiger charge is -2.38. The molecule has 1 aromatic rings. The third-order valence-corrected chi connectivity index (χ3v) is 5.84. The summed E-state index contributed by atoms with van der Waals surface area (Å²) >= 11 is 1.89. The van der Waals surface area contributed by atoms with Crippen LogP contribution in [0.4, 0.5) is 5.13 Å². The summed E-state index contributed by atoms with van der Waals surface area (Å²) in [6, 6.07) is 0. The molecule has 1 aromatic heterocycles. The molecular weight excluding hydrogens is 266 g/mol. The zero-order chi connectivity index (χ0) is 14.6. The predicted octanol–water partition coefficient (Wildman–Crippen LogP) is 3.83. The Morgan fingerprint density at radius 3 is 2.55 bits per heavy atom. The van der Waals surface area contributed by atoms with E-state index in [2.05, 4.69) is 31.0 Å². The van der Waals surface area contributed by atoms with Crippen LogP contribution in [0.3, 0.4) is 0 Å². The molecule has 3 nitrogen and oxygen atoms in total. The maximum Gasteiger partial charge on any atom is 0.185 e. The molecule has 2 rings (SSSR count). The summed E-state index contributed by atoms with van der Waals surface area (Å²) in [4.78, 5) is 8.84. The van der Waals surface area contributed by atoms with Crippen molar-refractivity contribution in [1.82, 2.24) is 10.3 Å². The Hall–Kier alpha value is -0.610. The summed E-state index contributed by atoms with van der Waals surface area (Å²) in [6.45, 7) is 10.3. The molecule has 0 saturated carbocycles. The quantitative estimate of drug-likeness (QED) is 0.864. The van der Waals surface area contributed by atoms with E-state index in [1.54, 1.807) is 0 Å². The molecule has 1 N–H and O–H groups in total. The van der Waals surface area contributed by atoms with Crippen molar-refractivity contribution in [2.45, 2.75) is 59.4 Å². The van der Waals surface area contributed by atoms with E-state index in [-0.39, 0.29) is 0 Å².